The number of hydrogen-bond donors (Lipinski definition) is 0. The third-order valence-corrected chi connectivity index (χ3v) is 2.95. The van der Waals surface area contributed by atoms with Gasteiger partial charge in [0.1, 0.15) is 0 Å². The predicted octanol–water partition coefficient (Wildman–Crippen LogP) is 3.50. The van der Waals surface area contributed by atoms with E-state index in [0.717, 1.165) is 22.9 Å². The van der Waals surface area contributed by atoms with Crippen LogP contribution < -0.4 is 0 Å². The van der Waals surface area contributed by atoms with Crippen LogP contribution in [0.3, 0.4) is 0 Å². The zero-order valence-electron chi connectivity index (χ0n) is 9.23. The molecule has 2 rings (SSSR count). The van der Waals surface area contributed by atoms with Crippen molar-refractivity contribution in [3.05, 3.63) is 63.9 Å². The normalized spacial score (nSPS) is 9.88. The summed E-state index contributed by atoms with van der Waals surface area (Å²) in [6.07, 6.45) is 5.51. The van der Waals surface area contributed by atoms with Crippen molar-refractivity contribution in [1.82, 2.24) is 4.98 Å². The van der Waals surface area contributed by atoms with E-state index in [1.165, 1.54) is 11.1 Å². The van der Waals surface area contributed by atoms with E-state index in [9.17, 15) is 0 Å². The molecule has 2 nitrogen and oxygen atoms in total. The molecule has 0 N–H and O–H groups in total. The van der Waals surface area contributed by atoms with Gasteiger partial charge in [-0.25, -0.2) is 0 Å². The Hall–Kier alpha value is -1.66. The molecule has 0 aliphatic rings. The highest BCUT2D eigenvalue weighted by atomic mass is 79.9. The van der Waals surface area contributed by atoms with Crippen molar-refractivity contribution in [3.8, 4) is 6.07 Å². The topological polar surface area (TPSA) is 36.7 Å². The maximum Gasteiger partial charge on any atom is 0.0991 e. The molecule has 1 aromatic heterocycles. The van der Waals surface area contributed by atoms with Crippen molar-refractivity contribution >= 4 is 15.9 Å². The average molecular weight is 287 g/mol. The third-order valence-electron chi connectivity index (χ3n) is 2.52. The van der Waals surface area contributed by atoms with Crippen molar-refractivity contribution in [3.63, 3.8) is 0 Å². The van der Waals surface area contributed by atoms with E-state index in [2.05, 4.69) is 33.0 Å². The van der Waals surface area contributed by atoms with E-state index in [1.54, 1.807) is 6.20 Å². The zero-order valence-corrected chi connectivity index (χ0v) is 10.8. The summed E-state index contributed by atoms with van der Waals surface area (Å²) in [5, 5.41) is 8.82. The van der Waals surface area contributed by atoms with E-state index < -0.39 is 0 Å². The Morgan fingerprint density at radius 1 is 1.12 bits per heavy atom. The number of aromatic nitrogens is 1. The summed E-state index contributed by atoms with van der Waals surface area (Å²) < 4.78 is 1.00. The molecule has 3 heteroatoms. The van der Waals surface area contributed by atoms with Crippen LogP contribution in [0.4, 0.5) is 0 Å². The first-order valence-electron chi connectivity index (χ1n) is 5.36. The number of hydrogen-bond acceptors (Lipinski definition) is 2. The highest BCUT2D eigenvalue weighted by Crippen LogP contribution is 2.13. The van der Waals surface area contributed by atoms with Crippen molar-refractivity contribution in [2.75, 3.05) is 0 Å². The van der Waals surface area contributed by atoms with Gasteiger partial charge >= 0.3 is 0 Å². The minimum Gasteiger partial charge on any atom is -0.263 e. The van der Waals surface area contributed by atoms with Crippen LogP contribution in [-0.4, -0.2) is 4.98 Å². The molecule has 0 saturated heterocycles. The molecule has 0 atom stereocenters. The van der Waals surface area contributed by atoms with Crippen molar-refractivity contribution in [1.29, 1.82) is 5.26 Å². The maximum atomic E-state index is 8.82. The van der Waals surface area contributed by atoms with Gasteiger partial charge in [0.2, 0.25) is 0 Å². The molecule has 0 saturated carbocycles. The van der Waals surface area contributed by atoms with Crippen molar-refractivity contribution in [2.24, 2.45) is 0 Å². The molecule has 1 aromatic carbocycles. The van der Waals surface area contributed by atoms with Crippen LogP contribution in [0.25, 0.3) is 0 Å². The molecule has 0 unspecified atom stereocenters. The monoisotopic (exact) mass is 286 g/mol. The first-order valence-corrected chi connectivity index (χ1v) is 6.16. The van der Waals surface area contributed by atoms with Gasteiger partial charge < -0.3 is 0 Å². The molecule has 2 aromatic rings. The summed E-state index contributed by atoms with van der Waals surface area (Å²) >= 11 is 3.41. The van der Waals surface area contributed by atoms with Gasteiger partial charge in [-0.15, -0.1) is 0 Å². The number of rotatable bonds is 3. The molecule has 17 heavy (non-hydrogen) atoms. The molecule has 0 bridgehead atoms. The van der Waals surface area contributed by atoms with Crippen LogP contribution in [0.5, 0.6) is 0 Å². The third kappa shape index (κ3) is 3.40. The standard InChI is InChI=1S/C14H11BrN2/c15-14-7-13(9-17-10-14)5-4-11-2-1-3-12(6-11)8-16/h1-3,6-7,9-10H,4-5H2. The van der Waals surface area contributed by atoms with Crippen LogP contribution in [0.1, 0.15) is 16.7 Å². The largest absolute Gasteiger partial charge is 0.263 e. The summed E-state index contributed by atoms with van der Waals surface area (Å²) in [6, 6.07) is 12.0. The fourth-order valence-electron chi connectivity index (χ4n) is 1.68. The molecule has 0 aliphatic heterocycles. The van der Waals surface area contributed by atoms with Crippen LogP contribution in [-0.2, 0) is 12.8 Å². The molecule has 0 radical (unpaired) electrons. The summed E-state index contributed by atoms with van der Waals surface area (Å²) in [7, 11) is 0. The van der Waals surface area contributed by atoms with Gasteiger partial charge in [-0.3, -0.25) is 4.98 Å². The Kier molecular flexibility index (Phi) is 3.89. The lowest BCUT2D eigenvalue weighted by molar-refractivity contribution is 0.947. The number of aryl methyl sites for hydroxylation is 2. The van der Waals surface area contributed by atoms with Gasteiger partial charge in [0.05, 0.1) is 11.6 Å². The molecular formula is C14H11BrN2. The minimum absolute atomic E-state index is 0.717. The molecular weight excluding hydrogens is 276 g/mol. The Morgan fingerprint density at radius 2 is 1.94 bits per heavy atom. The lowest BCUT2D eigenvalue weighted by Gasteiger charge is -2.02. The van der Waals surface area contributed by atoms with Crippen LogP contribution in [0.15, 0.2) is 47.2 Å². The summed E-state index contributed by atoms with van der Waals surface area (Å²) in [4.78, 5) is 4.13. The number of pyridine rings is 1. The smallest absolute Gasteiger partial charge is 0.0991 e. The van der Waals surface area contributed by atoms with Gasteiger partial charge in [-0.05, 0) is 58.1 Å². The number of benzene rings is 1. The van der Waals surface area contributed by atoms with Crippen LogP contribution in [0, 0.1) is 11.3 Å². The Morgan fingerprint density at radius 3 is 2.71 bits per heavy atom. The van der Waals surface area contributed by atoms with Gasteiger partial charge in [0.25, 0.3) is 0 Å². The molecule has 0 fully saturated rings. The van der Waals surface area contributed by atoms with E-state index in [0.29, 0.717) is 0 Å². The van der Waals surface area contributed by atoms with E-state index in [1.807, 2.05) is 30.5 Å². The number of nitriles is 1. The Labute approximate surface area is 109 Å². The molecule has 1 heterocycles. The first-order chi connectivity index (χ1) is 8.28. The SMILES string of the molecule is N#Cc1cccc(CCc2cncc(Br)c2)c1. The first kappa shape index (κ1) is 11.8. The van der Waals surface area contributed by atoms with Gasteiger partial charge in [0, 0.05) is 16.9 Å². The zero-order chi connectivity index (χ0) is 12.1. The van der Waals surface area contributed by atoms with Crippen molar-refractivity contribution < 1.29 is 0 Å². The Bertz CT molecular complexity index is 558. The predicted molar refractivity (Wildman–Crippen MR) is 70.5 cm³/mol. The minimum atomic E-state index is 0.717. The van der Waals surface area contributed by atoms with Crippen molar-refractivity contribution in [2.45, 2.75) is 12.8 Å². The quantitative estimate of drug-likeness (QED) is 0.866. The average Bonchev–Trinajstić information content (AvgIpc) is 2.37. The second-order valence-corrected chi connectivity index (χ2v) is 4.74. The van der Waals surface area contributed by atoms with Crippen LogP contribution in [0.2, 0.25) is 0 Å². The summed E-state index contributed by atoms with van der Waals surface area (Å²) in [5.74, 6) is 0. The van der Waals surface area contributed by atoms with Gasteiger partial charge in [-0.1, -0.05) is 12.1 Å². The number of halogens is 1. The molecule has 0 spiro atoms. The molecule has 84 valence electrons. The number of nitrogens with zero attached hydrogens (tertiary/aromatic N) is 2. The lowest BCUT2D eigenvalue weighted by atomic mass is 10.0. The van der Waals surface area contributed by atoms with Gasteiger partial charge in [0.15, 0.2) is 0 Å². The Balaban J connectivity index is 2.05. The van der Waals surface area contributed by atoms with Gasteiger partial charge in [-0.2, -0.15) is 5.26 Å². The van der Waals surface area contributed by atoms with Crippen LogP contribution >= 0.6 is 15.9 Å². The maximum absolute atomic E-state index is 8.82. The second-order valence-electron chi connectivity index (χ2n) is 3.82. The van der Waals surface area contributed by atoms with E-state index >= 15 is 0 Å². The highest BCUT2D eigenvalue weighted by molar-refractivity contribution is 9.10. The van der Waals surface area contributed by atoms with E-state index in [4.69, 9.17) is 5.26 Å². The van der Waals surface area contributed by atoms with E-state index in [-0.39, 0.29) is 0 Å². The fourth-order valence-corrected chi connectivity index (χ4v) is 2.09. The second kappa shape index (κ2) is 5.60. The summed E-state index contributed by atoms with van der Waals surface area (Å²) in [5.41, 5.74) is 3.10. The fraction of sp³-hybridized carbons (Fsp3) is 0.143. The molecule has 0 amide bonds. The lowest BCUT2D eigenvalue weighted by Crippen LogP contribution is -1.92. The highest BCUT2D eigenvalue weighted by Gasteiger charge is 1.98. The molecule has 0 aliphatic carbocycles. The summed E-state index contributed by atoms with van der Waals surface area (Å²) in [6.45, 7) is 0.